The van der Waals surface area contributed by atoms with Crippen molar-refractivity contribution in [1.82, 2.24) is 4.98 Å². The Morgan fingerprint density at radius 1 is 1.25 bits per heavy atom. The number of nitrogen functional groups attached to an aromatic ring is 1. The third-order valence-electron chi connectivity index (χ3n) is 2.70. The molecule has 0 radical (unpaired) electrons. The van der Waals surface area contributed by atoms with E-state index < -0.39 is 5.97 Å². The van der Waals surface area contributed by atoms with Crippen molar-refractivity contribution in [2.24, 2.45) is 0 Å². The van der Waals surface area contributed by atoms with Gasteiger partial charge in [-0.25, -0.2) is 9.78 Å². The fourth-order valence-electron chi connectivity index (χ4n) is 1.63. The second-order valence-corrected chi connectivity index (χ2v) is 4.00. The molecule has 0 aliphatic carbocycles. The van der Waals surface area contributed by atoms with E-state index in [9.17, 15) is 4.79 Å². The number of anilines is 3. The summed E-state index contributed by atoms with van der Waals surface area (Å²) in [5.41, 5.74) is 8.17. The zero-order chi connectivity index (χ0) is 14.5. The van der Waals surface area contributed by atoms with Crippen LogP contribution in [0.4, 0.5) is 17.1 Å². The number of rotatable bonds is 4. The number of hydrogen-bond donors (Lipinski definition) is 2. The van der Waals surface area contributed by atoms with Gasteiger partial charge in [0.1, 0.15) is 11.4 Å². The summed E-state index contributed by atoms with van der Waals surface area (Å²) in [6, 6.07) is 8.63. The molecule has 0 bridgehead atoms. The van der Waals surface area contributed by atoms with Gasteiger partial charge in [-0.3, -0.25) is 0 Å². The van der Waals surface area contributed by atoms with Gasteiger partial charge in [-0.1, -0.05) is 0 Å². The molecule has 104 valence electrons. The van der Waals surface area contributed by atoms with Crippen LogP contribution in [0.1, 0.15) is 10.5 Å². The van der Waals surface area contributed by atoms with Crippen molar-refractivity contribution >= 4 is 23.0 Å². The van der Waals surface area contributed by atoms with E-state index in [0.29, 0.717) is 11.4 Å². The Morgan fingerprint density at radius 2 is 2.05 bits per heavy atom. The van der Waals surface area contributed by atoms with E-state index in [1.807, 2.05) is 6.07 Å². The number of pyridine rings is 1. The summed E-state index contributed by atoms with van der Waals surface area (Å²) >= 11 is 0. The number of nitrogens with two attached hydrogens (primary N) is 1. The van der Waals surface area contributed by atoms with Crippen molar-refractivity contribution in [3.63, 3.8) is 0 Å². The Kier molecular flexibility index (Phi) is 4.05. The molecule has 2 aromatic rings. The van der Waals surface area contributed by atoms with Crippen LogP contribution in [0.2, 0.25) is 0 Å². The van der Waals surface area contributed by atoms with Gasteiger partial charge >= 0.3 is 5.97 Å². The van der Waals surface area contributed by atoms with E-state index in [1.165, 1.54) is 13.3 Å². The molecule has 2 rings (SSSR count). The third-order valence-corrected chi connectivity index (χ3v) is 2.70. The van der Waals surface area contributed by atoms with Crippen molar-refractivity contribution in [2.75, 3.05) is 25.3 Å². The molecule has 0 amide bonds. The van der Waals surface area contributed by atoms with Gasteiger partial charge < -0.3 is 20.5 Å². The van der Waals surface area contributed by atoms with Crippen LogP contribution in [0, 0.1) is 0 Å². The third kappa shape index (κ3) is 2.97. The number of nitrogens with zero attached hydrogens (tertiary/aromatic N) is 1. The number of benzene rings is 1. The number of ether oxygens (including phenoxy) is 2. The van der Waals surface area contributed by atoms with Crippen molar-refractivity contribution in [3.8, 4) is 5.75 Å². The highest BCUT2D eigenvalue weighted by atomic mass is 16.5. The van der Waals surface area contributed by atoms with Crippen LogP contribution in [0.3, 0.4) is 0 Å². The number of esters is 1. The summed E-state index contributed by atoms with van der Waals surface area (Å²) in [4.78, 5) is 15.3. The van der Waals surface area contributed by atoms with Gasteiger partial charge in [0.05, 0.1) is 37.5 Å². The van der Waals surface area contributed by atoms with E-state index in [0.717, 1.165) is 11.4 Å². The molecule has 1 aromatic carbocycles. The molecule has 0 fully saturated rings. The number of carbonyl (C=O) groups is 1. The molecular weight excluding hydrogens is 258 g/mol. The van der Waals surface area contributed by atoms with E-state index in [2.05, 4.69) is 15.0 Å². The summed E-state index contributed by atoms with van der Waals surface area (Å²) < 4.78 is 9.67. The highest BCUT2D eigenvalue weighted by Crippen LogP contribution is 2.26. The lowest BCUT2D eigenvalue weighted by molar-refractivity contribution is 0.0594. The van der Waals surface area contributed by atoms with Crippen molar-refractivity contribution in [3.05, 3.63) is 42.2 Å². The predicted octanol–water partition coefficient (Wildman–Crippen LogP) is 2.20. The molecule has 0 saturated carbocycles. The van der Waals surface area contributed by atoms with E-state index >= 15 is 0 Å². The van der Waals surface area contributed by atoms with Crippen molar-refractivity contribution < 1.29 is 14.3 Å². The summed E-state index contributed by atoms with van der Waals surface area (Å²) in [6.07, 6.45) is 1.54. The predicted molar refractivity (Wildman–Crippen MR) is 76.3 cm³/mol. The first kappa shape index (κ1) is 13.7. The fraction of sp³-hybridized carbons (Fsp3) is 0.143. The lowest BCUT2D eigenvalue weighted by Crippen LogP contribution is -2.04. The zero-order valence-electron chi connectivity index (χ0n) is 11.2. The monoisotopic (exact) mass is 273 g/mol. The lowest BCUT2D eigenvalue weighted by Gasteiger charge is -2.10. The maximum absolute atomic E-state index is 11.3. The number of methoxy groups -OCH3 is 2. The molecule has 1 heterocycles. The van der Waals surface area contributed by atoms with Crippen LogP contribution in [0.25, 0.3) is 0 Å². The highest BCUT2D eigenvalue weighted by Gasteiger charge is 2.07. The van der Waals surface area contributed by atoms with Crippen molar-refractivity contribution in [1.29, 1.82) is 0 Å². The molecule has 0 aliphatic heterocycles. The minimum absolute atomic E-state index is 0.251. The molecule has 0 saturated heterocycles. The number of carbonyl (C=O) groups excluding carboxylic acids is 1. The van der Waals surface area contributed by atoms with Crippen LogP contribution in [0.15, 0.2) is 36.5 Å². The average molecular weight is 273 g/mol. The second-order valence-electron chi connectivity index (χ2n) is 4.00. The molecule has 6 heteroatoms. The average Bonchev–Trinajstić information content (AvgIpc) is 2.49. The van der Waals surface area contributed by atoms with Gasteiger partial charge in [-0.15, -0.1) is 0 Å². The SMILES string of the molecule is COC(=O)c1ccc(Nc2ccc(OC)cc2N)cn1. The molecule has 0 spiro atoms. The van der Waals surface area contributed by atoms with E-state index in [4.69, 9.17) is 10.5 Å². The smallest absolute Gasteiger partial charge is 0.356 e. The van der Waals surface area contributed by atoms with Gasteiger partial charge in [-0.2, -0.15) is 0 Å². The summed E-state index contributed by atoms with van der Waals surface area (Å²) in [7, 11) is 2.89. The first-order valence-electron chi connectivity index (χ1n) is 5.89. The Hall–Kier alpha value is -2.76. The van der Waals surface area contributed by atoms with Crippen LogP contribution in [-0.4, -0.2) is 25.2 Å². The van der Waals surface area contributed by atoms with Gasteiger partial charge in [0.15, 0.2) is 0 Å². The normalized spacial score (nSPS) is 9.90. The molecule has 0 unspecified atom stereocenters. The van der Waals surface area contributed by atoms with Gasteiger partial charge in [-0.05, 0) is 24.3 Å². The van der Waals surface area contributed by atoms with E-state index in [-0.39, 0.29) is 5.69 Å². The van der Waals surface area contributed by atoms with Gasteiger partial charge in [0.25, 0.3) is 0 Å². The van der Waals surface area contributed by atoms with Crippen LogP contribution in [-0.2, 0) is 4.74 Å². The Balaban J connectivity index is 2.16. The van der Waals surface area contributed by atoms with Crippen molar-refractivity contribution in [2.45, 2.75) is 0 Å². The topological polar surface area (TPSA) is 86.5 Å². The quantitative estimate of drug-likeness (QED) is 0.656. The Labute approximate surface area is 116 Å². The zero-order valence-corrected chi connectivity index (χ0v) is 11.2. The molecule has 6 nitrogen and oxygen atoms in total. The molecule has 20 heavy (non-hydrogen) atoms. The number of aromatic nitrogens is 1. The summed E-state index contributed by atoms with van der Waals surface area (Å²) in [6.45, 7) is 0. The largest absolute Gasteiger partial charge is 0.497 e. The standard InChI is InChI=1S/C14H15N3O3/c1-19-10-4-6-12(11(15)7-10)17-9-3-5-13(16-8-9)14(18)20-2/h3-8,17H,15H2,1-2H3. The number of hydrogen-bond acceptors (Lipinski definition) is 6. The molecule has 1 aromatic heterocycles. The number of nitrogens with one attached hydrogen (secondary N) is 1. The van der Waals surface area contributed by atoms with E-state index in [1.54, 1.807) is 31.4 Å². The van der Waals surface area contributed by atoms with Gasteiger partial charge in [0, 0.05) is 6.07 Å². The lowest BCUT2D eigenvalue weighted by atomic mass is 10.2. The highest BCUT2D eigenvalue weighted by molar-refractivity contribution is 5.87. The Morgan fingerprint density at radius 3 is 2.60 bits per heavy atom. The summed E-state index contributed by atoms with van der Waals surface area (Å²) in [5.74, 6) is 0.215. The maximum atomic E-state index is 11.3. The summed E-state index contributed by atoms with van der Waals surface area (Å²) in [5, 5.41) is 3.11. The fourth-order valence-corrected chi connectivity index (χ4v) is 1.63. The first-order chi connectivity index (χ1) is 9.63. The molecule has 3 N–H and O–H groups in total. The van der Waals surface area contributed by atoms with Crippen LogP contribution >= 0.6 is 0 Å². The minimum Gasteiger partial charge on any atom is -0.497 e. The van der Waals surface area contributed by atoms with Crippen LogP contribution in [0.5, 0.6) is 5.75 Å². The maximum Gasteiger partial charge on any atom is 0.356 e. The minimum atomic E-state index is -0.472. The second kappa shape index (κ2) is 5.92. The molecular formula is C14H15N3O3. The molecule has 0 atom stereocenters. The van der Waals surface area contributed by atoms with Gasteiger partial charge in [0.2, 0.25) is 0 Å². The first-order valence-corrected chi connectivity index (χ1v) is 5.89. The molecule has 0 aliphatic rings. The Bertz CT molecular complexity index is 612. The van der Waals surface area contributed by atoms with Crippen LogP contribution < -0.4 is 15.8 Å².